The fourth-order valence-electron chi connectivity index (χ4n) is 6.87. The van der Waals surface area contributed by atoms with Gasteiger partial charge in [-0.3, -0.25) is 4.99 Å². The summed E-state index contributed by atoms with van der Waals surface area (Å²) in [6.07, 6.45) is 13.9. The molecule has 42 heavy (non-hydrogen) atoms. The molecule has 224 valence electrons. The van der Waals surface area contributed by atoms with E-state index in [9.17, 15) is 0 Å². The molecule has 0 bridgehead atoms. The number of aryl methyl sites for hydroxylation is 1. The van der Waals surface area contributed by atoms with Gasteiger partial charge in [-0.2, -0.15) is 0 Å². The molecule has 3 aliphatic rings. The van der Waals surface area contributed by atoms with Crippen molar-refractivity contribution in [2.24, 2.45) is 15.9 Å². The van der Waals surface area contributed by atoms with E-state index in [1.165, 1.54) is 66.1 Å². The SMILES string of the molecule is C=C1c2cc3ccccc3cc2CCCCCN(C)/C(C)=C/C(N2CC[C@H](C)C2)=N/C(C)=C/C(=NC)C2CCCCN12. The summed E-state index contributed by atoms with van der Waals surface area (Å²) in [5.74, 6) is 1.78. The monoisotopic (exact) mass is 565 g/mol. The summed E-state index contributed by atoms with van der Waals surface area (Å²) < 4.78 is 0. The Balaban J connectivity index is 1.56. The molecule has 3 heterocycles. The molecule has 3 aliphatic heterocycles. The number of benzene rings is 2. The first-order valence-electron chi connectivity index (χ1n) is 16.2. The van der Waals surface area contributed by atoms with Crippen LogP contribution in [0.4, 0.5) is 0 Å². The number of fused-ring (bicyclic) bond motifs is 3. The van der Waals surface area contributed by atoms with Gasteiger partial charge in [0.25, 0.3) is 0 Å². The van der Waals surface area contributed by atoms with Crippen LogP contribution in [0.15, 0.2) is 76.5 Å². The second-order valence-corrected chi connectivity index (χ2v) is 12.8. The van der Waals surface area contributed by atoms with E-state index in [0.29, 0.717) is 5.92 Å². The fourth-order valence-corrected chi connectivity index (χ4v) is 6.87. The third kappa shape index (κ3) is 6.99. The summed E-state index contributed by atoms with van der Waals surface area (Å²) in [6, 6.07) is 13.8. The van der Waals surface area contributed by atoms with Gasteiger partial charge in [0.1, 0.15) is 5.84 Å². The van der Waals surface area contributed by atoms with Crippen molar-refractivity contribution in [1.29, 1.82) is 0 Å². The van der Waals surface area contributed by atoms with E-state index in [1.807, 2.05) is 7.05 Å². The van der Waals surface area contributed by atoms with Crippen molar-refractivity contribution < 1.29 is 0 Å². The standard InChI is InChI=1S/C37H51N5/c1-27-18-21-41(26-27)37-23-29(3)40(6)19-12-7-8-16-33-24-31-14-9-10-15-32(31)25-34(33)30(4)42-20-13-11-17-36(42)35(38-5)22-28(2)39-37/h9-10,14-15,22-25,27,36H,4,7-8,11-13,16-21,26H2,1-3,5-6H3/b28-22+,29-23+,38-35?,39-37-/t27-,36?/m0/s1. The van der Waals surface area contributed by atoms with Crippen molar-refractivity contribution in [1.82, 2.24) is 14.7 Å². The van der Waals surface area contributed by atoms with Crippen LogP contribution >= 0.6 is 0 Å². The predicted molar refractivity (Wildman–Crippen MR) is 181 cm³/mol. The summed E-state index contributed by atoms with van der Waals surface area (Å²) in [6.45, 7) is 15.7. The molecule has 5 heteroatoms. The van der Waals surface area contributed by atoms with Crippen LogP contribution in [0.25, 0.3) is 16.5 Å². The first-order chi connectivity index (χ1) is 20.3. The maximum Gasteiger partial charge on any atom is 0.130 e. The minimum Gasteiger partial charge on any atom is -0.378 e. The molecule has 2 saturated heterocycles. The zero-order valence-electron chi connectivity index (χ0n) is 26.7. The molecule has 0 saturated carbocycles. The van der Waals surface area contributed by atoms with Crippen molar-refractivity contribution in [3.63, 3.8) is 0 Å². The molecule has 5 rings (SSSR count). The lowest BCUT2D eigenvalue weighted by molar-refractivity contribution is 0.283. The Morgan fingerprint density at radius 2 is 1.67 bits per heavy atom. The third-order valence-corrected chi connectivity index (χ3v) is 9.51. The number of nitrogens with zero attached hydrogens (tertiary/aromatic N) is 5. The van der Waals surface area contributed by atoms with Crippen molar-refractivity contribution in [2.75, 3.05) is 40.3 Å². The van der Waals surface area contributed by atoms with Crippen molar-refractivity contribution >= 4 is 28.0 Å². The highest BCUT2D eigenvalue weighted by Crippen LogP contribution is 2.33. The Hall–Kier alpha value is -3.34. The maximum absolute atomic E-state index is 5.24. The molecule has 0 amide bonds. The minimum atomic E-state index is 0.207. The van der Waals surface area contributed by atoms with E-state index in [1.54, 1.807) is 0 Å². The second-order valence-electron chi connectivity index (χ2n) is 12.8. The highest BCUT2D eigenvalue weighted by atomic mass is 15.2. The van der Waals surface area contributed by atoms with Gasteiger partial charge in [-0.05, 0) is 99.3 Å². The Bertz CT molecular complexity index is 1400. The minimum absolute atomic E-state index is 0.207. The number of aliphatic imine (C=N–C) groups is 2. The lowest BCUT2D eigenvalue weighted by Crippen LogP contribution is -2.43. The van der Waals surface area contributed by atoms with Crippen LogP contribution in [-0.2, 0) is 6.42 Å². The number of amidine groups is 1. The normalized spacial score (nSPS) is 28.2. The van der Waals surface area contributed by atoms with Crippen LogP contribution in [0, 0.1) is 5.92 Å². The molecule has 0 aliphatic carbocycles. The van der Waals surface area contributed by atoms with Crippen LogP contribution in [0.5, 0.6) is 0 Å². The van der Waals surface area contributed by atoms with E-state index < -0.39 is 0 Å². The van der Waals surface area contributed by atoms with Gasteiger partial charge >= 0.3 is 0 Å². The molecule has 1 unspecified atom stereocenters. The molecule has 0 radical (unpaired) electrons. The van der Waals surface area contributed by atoms with Gasteiger partial charge in [0.05, 0.1) is 11.8 Å². The fraction of sp³-hybridized carbons (Fsp3) is 0.514. The number of piperidine rings is 1. The van der Waals surface area contributed by atoms with Gasteiger partial charge < -0.3 is 14.7 Å². The first kappa shape index (κ1) is 30.1. The molecule has 0 N–H and O–H groups in total. The van der Waals surface area contributed by atoms with E-state index in [2.05, 4.69) is 91.1 Å². The van der Waals surface area contributed by atoms with Crippen LogP contribution < -0.4 is 0 Å². The van der Waals surface area contributed by atoms with Gasteiger partial charge in [0.15, 0.2) is 0 Å². The summed E-state index contributed by atoms with van der Waals surface area (Å²) >= 11 is 0. The van der Waals surface area contributed by atoms with Crippen LogP contribution in [0.2, 0.25) is 0 Å². The maximum atomic E-state index is 5.24. The van der Waals surface area contributed by atoms with Crippen LogP contribution in [-0.4, -0.2) is 72.6 Å². The van der Waals surface area contributed by atoms with Gasteiger partial charge in [-0.15, -0.1) is 0 Å². The van der Waals surface area contributed by atoms with E-state index in [0.717, 1.165) is 62.0 Å². The molecule has 2 aromatic rings. The number of hydrogen-bond acceptors (Lipinski definition) is 5. The van der Waals surface area contributed by atoms with Gasteiger partial charge in [0.2, 0.25) is 0 Å². The molecule has 0 aromatic heterocycles. The van der Waals surface area contributed by atoms with Gasteiger partial charge in [-0.25, -0.2) is 4.99 Å². The number of rotatable bonds is 0. The molecule has 2 fully saturated rings. The smallest absolute Gasteiger partial charge is 0.130 e. The topological polar surface area (TPSA) is 34.4 Å². The lowest BCUT2D eigenvalue weighted by atomic mass is 9.91. The van der Waals surface area contributed by atoms with Gasteiger partial charge in [0, 0.05) is 62.9 Å². The number of likely N-dealkylation sites (tertiary alicyclic amines) is 1. The Kier molecular flexibility index (Phi) is 9.87. The molecular formula is C37H51N5. The van der Waals surface area contributed by atoms with Crippen molar-refractivity contribution in [3.8, 4) is 0 Å². The summed E-state index contributed by atoms with van der Waals surface area (Å²) in [7, 11) is 4.16. The average Bonchev–Trinajstić information content (AvgIpc) is 3.44. The predicted octanol–water partition coefficient (Wildman–Crippen LogP) is 7.94. The first-order valence-corrected chi connectivity index (χ1v) is 16.2. The van der Waals surface area contributed by atoms with E-state index in [-0.39, 0.29) is 6.04 Å². The molecule has 5 nitrogen and oxygen atoms in total. The molecule has 2 aromatic carbocycles. The second kappa shape index (κ2) is 13.8. The number of allylic oxidation sites excluding steroid dienone is 2. The molecular weight excluding hydrogens is 514 g/mol. The highest BCUT2D eigenvalue weighted by Gasteiger charge is 2.29. The zero-order valence-corrected chi connectivity index (χ0v) is 26.7. The largest absolute Gasteiger partial charge is 0.378 e. The van der Waals surface area contributed by atoms with Crippen molar-refractivity contribution in [3.05, 3.63) is 77.7 Å². The van der Waals surface area contributed by atoms with E-state index >= 15 is 0 Å². The molecule has 0 spiro atoms. The number of hydrogen-bond donors (Lipinski definition) is 0. The highest BCUT2D eigenvalue weighted by molar-refractivity contribution is 6.01. The Morgan fingerprint density at radius 3 is 2.40 bits per heavy atom. The quantitative estimate of drug-likeness (QED) is 0.325. The summed E-state index contributed by atoms with van der Waals surface area (Å²) in [4.78, 5) is 17.5. The van der Waals surface area contributed by atoms with Crippen LogP contribution in [0.3, 0.4) is 0 Å². The third-order valence-electron chi connectivity index (χ3n) is 9.51. The zero-order chi connectivity index (χ0) is 29.6. The summed E-state index contributed by atoms with van der Waals surface area (Å²) in [5, 5.41) is 2.60. The van der Waals surface area contributed by atoms with E-state index in [4.69, 9.17) is 16.6 Å². The Morgan fingerprint density at radius 1 is 0.905 bits per heavy atom. The van der Waals surface area contributed by atoms with Gasteiger partial charge in [-0.1, -0.05) is 50.3 Å². The van der Waals surface area contributed by atoms with Crippen LogP contribution in [0.1, 0.15) is 76.8 Å². The van der Waals surface area contributed by atoms with Crippen molar-refractivity contribution in [2.45, 2.75) is 78.2 Å². The lowest BCUT2D eigenvalue weighted by Gasteiger charge is -2.39. The molecule has 2 atom stereocenters. The summed E-state index contributed by atoms with van der Waals surface area (Å²) in [5.41, 5.74) is 7.26. The Labute approximate surface area is 254 Å². The average molecular weight is 566 g/mol.